The third kappa shape index (κ3) is 7.37. The molecule has 0 aliphatic heterocycles. The number of hydrogen-bond acceptors (Lipinski definition) is 3. The highest BCUT2D eigenvalue weighted by Crippen LogP contribution is 2.17. The van der Waals surface area contributed by atoms with Gasteiger partial charge in [0.25, 0.3) is 11.8 Å². The molecule has 0 heterocycles. The van der Waals surface area contributed by atoms with Crippen molar-refractivity contribution >= 4 is 23.2 Å². The van der Waals surface area contributed by atoms with E-state index in [1.807, 2.05) is 0 Å². The summed E-state index contributed by atoms with van der Waals surface area (Å²) in [5, 5.41) is 5.22. The molecule has 0 spiro atoms. The highest BCUT2D eigenvalue weighted by atomic mass is 19.3. The number of ether oxygens (including phenoxy) is 1. The normalized spacial score (nSPS) is 11.7. The molecular formula is C18H19F3N3O3+. The third-order valence-corrected chi connectivity index (χ3v) is 3.42. The lowest BCUT2D eigenvalue weighted by Gasteiger charge is -2.14. The number of anilines is 2. The topological polar surface area (TPSA) is 71.9 Å². The van der Waals surface area contributed by atoms with Crippen LogP contribution in [0.25, 0.3) is 0 Å². The van der Waals surface area contributed by atoms with Crippen molar-refractivity contribution in [2.24, 2.45) is 0 Å². The minimum absolute atomic E-state index is 0.0109. The summed E-state index contributed by atoms with van der Waals surface area (Å²) in [4.78, 5) is 24.6. The van der Waals surface area contributed by atoms with Gasteiger partial charge in [0.1, 0.15) is 11.6 Å². The van der Waals surface area contributed by atoms with Crippen molar-refractivity contribution in [1.29, 1.82) is 0 Å². The van der Waals surface area contributed by atoms with Crippen LogP contribution >= 0.6 is 0 Å². The smallest absolute Gasteiger partial charge is 0.387 e. The van der Waals surface area contributed by atoms with Gasteiger partial charge in [0.15, 0.2) is 13.1 Å². The average molecular weight is 382 g/mol. The Kier molecular flexibility index (Phi) is 7.18. The van der Waals surface area contributed by atoms with Gasteiger partial charge in [-0.1, -0.05) is 0 Å². The first-order valence-electron chi connectivity index (χ1n) is 8.03. The van der Waals surface area contributed by atoms with E-state index in [9.17, 15) is 22.8 Å². The molecule has 27 heavy (non-hydrogen) atoms. The fourth-order valence-corrected chi connectivity index (χ4v) is 2.27. The van der Waals surface area contributed by atoms with Crippen molar-refractivity contribution in [3.05, 3.63) is 54.3 Å². The predicted octanol–water partition coefficient (Wildman–Crippen LogP) is 1.52. The van der Waals surface area contributed by atoms with Crippen molar-refractivity contribution < 1.29 is 32.4 Å². The van der Waals surface area contributed by atoms with Crippen molar-refractivity contribution in [3.63, 3.8) is 0 Å². The average Bonchev–Trinajstić information content (AvgIpc) is 2.58. The molecule has 0 aliphatic carbocycles. The van der Waals surface area contributed by atoms with E-state index in [0.29, 0.717) is 16.3 Å². The number of quaternary nitrogens is 1. The number of nitrogens with one attached hydrogen (secondary N) is 3. The Morgan fingerprint density at radius 3 is 1.81 bits per heavy atom. The van der Waals surface area contributed by atoms with Gasteiger partial charge in [-0.25, -0.2) is 4.39 Å². The molecule has 0 bridgehead atoms. The number of alkyl halides is 2. The second kappa shape index (κ2) is 9.58. The second-order valence-electron chi connectivity index (χ2n) is 5.82. The number of rotatable bonds is 8. The Morgan fingerprint density at radius 2 is 1.37 bits per heavy atom. The first kappa shape index (κ1) is 20.2. The van der Waals surface area contributed by atoms with Gasteiger partial charge in [0.2, 0.25) is 0 Å². The van der Waals surface area contributed by atoms with Crippen LogP contribution in [0.1, 0.15) is 0 Å². The van der Waals surface area contributed by atoms with Crippen LogP contribution < -0.4 is 20.3 Å². The molecule has 1 unspecified atom stereocenters. The first-order valence-corrected chi connectivity index (χ1v) is 8.03. The molecule has 2 aromatic carbocycles. The summed E-state index contributed by atoms with van der Waals surface area (Å²) in [5.74, 6) is -1.07. The van der Waals surface area contributed by atoms with E-state index in [4.69, 9.17) is 0 Å². The van der Waals surface area contributed by atoms with Gasteiger partial charge >= 0.3 is 6.61 Å². The van der Waals surface area contributed by atoms with Crippen LogP contribution in [0.2, 0.25) is 0 Å². The molecule has 9 heteroatoms. The molecule has 0 saturated carbocycles. The van der Waals surface area contributed by atoms with Crippen LogP contribution in [0.3, 0.4) is 0 Å². The Hall–Kier alpha value is -3.07. The maximum atomic E-state index is 12.8. The zero-order valence-corrected chi connectivity index (χ0v) is 14.5. The largest absolute Gasteiger partial charge is 0.435 e. The number of likely N-dealkylation sites (N-methyl/N-ethyl adjacent to an activating group) is 1. The summed E-state index contributed by atoms with van der Waals surface area (Å²) in [6, 6.07) is 10.9. The van der Waals surface area contributed by atoms with Crippen molar-refractivity contribution in [1.82, 2.24) is 0 Å². The first-order chi connectivity index (χ1) is 12.8. The summed E-state index contributed by atoms with van der Waals surface area (Å²) in [6.07, 6.45) is 0. The monoisotopic (exact) mass is 382 g/mol. The van der Waals surface area contributed by atoms with Gasteiger partial charge in [-0.2, -0.15) is 8.78 Å². The highest BCUT2D eigenvalue weighted by Gasteiger charge is 2.15. The van der Waals surface area contributed by atoms with Gasteiger partial charge < -0.3 is 20.3 Å². The maximum absolute atomic E-state index is 12.8. The van der Waals surface area contributed by atoms with E-state index >= 15 is 0 Å². The molecule has 2 aromatic rings. The molecular weight excluding hydrogens is 363 g/mol. The quantitative estimate of drug-likeness (QED) is 0.648. The Balaban J connectivity index is 1.77. The molecule has 2 rings (SSSR count). The van der Waals surface area contributed by atoms with E-state index < -0.39 is 12.4 Å². The molecule has 0 fully saturated rings. The Labute approximate surface area is 153 Å². The maximum Gasteiger partial charge on any atom is 0.387 e. The van der Waals surface area contributed by atoms with Crippen LogP contribution in [0.5, 0.6) is 5.75 Å². The van der Waals surface area contributed by atoms with E-state index in [1.165, 1.54) is 48.5 Å². The van der Waals surface area contributed by atoms with Crippen molar-refractivity contribution in [2.45, 2.75) is 6.61 Å². The van der Waals surface area contributed by atoms with Gasteiger partial charge in [-0.3, -0.25) is 9.59 Å². The highest BCUT2D eigenvalue weighted by molar-refractivity contribution is 5.93. The number of amides is 2. The number of benzene rings is 2. The molecule has 0 aliphatic rings. The number of carbonyl (C=O) groups is 2. The Bertz CT molecular complexity index is 768. The van der Waals surface area contributed by atoms with E-state index in [-0.39, 0.29) is 30.7 Å². The molecule has 0 radical (unpaired) electrons. The molecule has 144 valence electrons. The van der Waals surface area contributed by atoms with Crippen LogP contribution in [0.4, 0.5) is 24.5 Å². The van der Waals surface area contributed by atoms with Crippen LogP contribution in [0, 0.1) is 5.82 Å². The minimum atomic E-state index is -2.91. The van der Waals surface area contributed by atoms with E-state index in [1.54, 1.807) is 7.05 Å². The fourth-order valence-electron chi connectivity index (χ4n) is 2.27. The van der Waals surface area contributed by atoms with E-state index in [0.717, 1.165) is 0 Å². The fraction of sp³-hybridized carbons (Fsp3) is 0.222. The molecule has 0 aromatic heterocycles. The van der Waals surface area contributed by atoms with Crippen molar-refractivity contribution in [2.75, 3.05) is 30.8 Å². The van der Waals surface area contributed by atoms with Crippen LogP contribution in [0.15, 0.2) is 48.5 Å². The minimum Gasteiger partial charge on any atom is -0.435 e. The summed E-state index contributed by atoms with van der Waals surface area (Å²) in [6.45, 7) is -2.86. The van der Waals surface area contributed by atoms with Gasteiger partial charge in [-0.05, 0) is 48.5 Å². The summed E-state index contributed by atoms with van der Waals surface area (Å²) in [7, 11) is 1.67. The number of hydrogen-bond donors (Lipinski definition) is 3. The summed E-state index contributed by atoms with van der Waals surface area (Å²) >= 11 is 0. The standard InChI is InChI=1S/C18H18F3N3O3/c1-24(10-16(25)22-13-4-2-12(19)3-5-13)11-17(26)23-14-6-8-15(9-7-14)27-18(20)21/h2-9,18H,10-11H2,1H3,(H,22,25)(H,23,26)/p+1. The van der Waals surface area contributed by atoms with Gasteiger partial charge in [-0.15, -0.1) is 0 Å². The number of halogens is 3. The second-order valence-corrected chi connectivity index (χ2v) is 5.82. The predicted molar refractivity (Wildman–Crippen MR) is 93.4 cm³/mol. The molecule has 6 nitrogen and oxygen atoms in total. The number of carbonyl (C=O) groups excluding carboxylic acids is 2. The van der Waals surface area contributed by atoms with E-state index in [2.05, 4.69) is 15.4 Å². The molecule has 3 N–H and O–H groups in total. The lowest BCUT2D eigenvalue weighted by molar-refractivity contribution is -0.862. The Morgan fingerprint density at radius 1 is 0.926 bits per heavy atom. The zero-order valence-electron chi connectivity index (χ0n) is 14.5. The van der Waals surface area contributed by atoms with Gasteiger partial charge in [0, 0.05) is 11.4 Å². The van der Waals surface area contributed by atoms with Crippen LogP contribution in [-0.2, 0) is 9.59 Å². The lowest BCUT2D eigenvalue weighted by atomic mass is 10.3. The SMILES string of the molecule is C[NH+](CC(=O)Nc1ccc(F)cc1)CC(=O)Nc1ccc(OC(F)F)cc1. The van der Waals surface area contributed by atoms with Gasteiger partial charge in [0.05, 0.1) is 7.05 Å². The summed E-state index contributed by atoms with van der Waals surface area (Å²) in [5.41, 5.74) is 0.884. The van der Waals surface area contributed by atoms with Crippen molar-refractivity contribution in [3.8, 4) is 5.75 Å². The zero-order chi connectivity index (χ0) is 19.8. The lowest BCUT2D eigenvalue weighted by Crippen LogP contribution is -3.11. The molecule has 1 atom stereocenters. The van der Waals surface area contributed by atoms with Crippen LogP contribution in [-0.4, -0.2) is 38.6 Å². The molecule has 0 saturated heterocycles. The molecule has 2 amide bonds. The summed E-state index contributed by atoms with van der Waals surface area (Å²) < 4.78 is 41.2. The third-order valence-electron chi connectivity index (χ3n) is 3.42.